The van der Waals surface area contributed by atoms with Gasteiger partial charge in [-0.25, -0.2) is 9.37 Å². The van der Waals surface area contributed by atoms with Crippen LogP contribution in [0.2, 0.25) is 5.15 Å². The van der Waals surface area contributed by atoms with Gasteiger partial charge < -0.3 is 9.80 Å². The molecule has 0 spiro atoms. The fraction of sp³-hybridized carbons (Fsp3) is 0.375. The smallest absolute Gasteiger partial charge is 0.257 e. The van der Waals surface area contributed by atoms with Gasteiger partial charge in [0.1, 0.15) is 11.0 Å². The molecule has 0 aliphatic carbocycles. The number of hydrogen-bond acceptors (Lipinski definition) is 3. The van der Waals surface area contributed by atoms with Crippen LogP contribution in [0.3, 0.4) is 0 Å². The summed E-state index contributed by atoms with van der Waals surface area (Å²) in [6.07, 6.45) is 0. The average Bonchev–Trinajstić information content (AvgIpc) is 2.53. The van der Waals surface area contributed by atoms with Gasteiger partial charge in [0.25, 0.3) is 5.91 Å². The van der Waals surface area contributed by atoms with Crippen molar-refractivity contribution in [2.45, 2.75) is 6.92 Å². The molecule has 6 heteroatoms. The van der Waals surface area contributed by atoms with E-state index in [2.05, 4.69) is 16.8 Å². The number of carbonyl (C=O) groups excluding carboxylic acids is 1. The molecule has 2 heterocycles. The van der Waals surface area contributed by atoms with E-state index in [1.54, 1.807) is 17.0 Å². The van der Waals surface area contributed by atoms with Gasteiger partial charge in [0.2, 0.25) is 0 Å². The summed E-state index contributed by atoms with van der Waals surface area (Å²) < 4.78 is 13.2. The van der Waals surface area contributed by atoms with Crippen LogP contribution in [0.4, 0.5) is 4.39 Å². The number of hydrogen-bond donors (Lipinski definition) is 0. The normalized spacial score (nSPS) is 16.2. The molecular weight excluding hydrogens is 305 g/mol. The molecule has 0 saturated carbocycles. The van der Waals surface area contributed by atoms with Crippen molar-refractivity contribution in [1.82, 2.24) is 14.8 Å². The number of nitrogens with zero attached hydrogens (tertiary/aromatic N) is 3. The molecule has 0 atom stereocenters. The van der Waals surface area contributed by atoms with E-state index in [-0.39, 0.29) is 16.9 Å². The number of halogens is 2. The van der Waals surface area contributed by atoms with Crippen molar-refractivity contribution in [2.75, 3.05) is 32.7 Å². The molecule has 1 saturated heterocycles. The van der Waals surface area contributed by atoms with Gasteiger partial charge in [-0.2, -0.15) is 0 Å². The summed E-state index contributed by atoms with van der Waals surface area (Å²) in [6.45, 7) is 6.21. The quantitative estimate of drug-likeness (QED) is 0.798. The Kier molecular flexibility index (Phi) is 4.27. The Morgan fingerprint density at radius 2 is 2.00 bits per heavy atom. The maximum Gasteiger partial charge on any atom is 0.257 e. The van der Waals surface area contributed by atoms with Crippen molar-refractivity contribution in [3.63, 3.8) is 0 Å². The van der Waals surface area contributed by atoms with Crippen LogP contribution >= 0.6 is 11.6 Å². The standard InChI is InChI=1S/C16H17ClFN3O/c1-2-20-5-7-21(8-6-20)16(22)13-9-11-3-4-12(18)10-14(11)19-15(13)17/h3-4,9-10H,2,5-8H2,1H3. The molecule has 0 bridgehead atoms. The van der Waals surface area contributed by atoms with Crippen LogP contribution in [-0.4, -0.2) is 53.4 Å². The van der Waals surface area contributed by atoms with Crippen molar-refractivity contribution in [2.24, 2.45) is 0 Å². The van der Waals surface area contributed by atoms with E-state index < -0.39 is 0 Å². The number of benzene rings is 1. The Balaban J connectivity index is 1.88. The Morgan fingerprint density at radius 1 is 1.27 bits per heavy atom. The van der Waals surface area contributed by atoms with Gasteiger partial charge in [-0.3, -0.25) is 4.79 Å². The first kappa shape index (κ1) is 15.2. The van der Waals surface area contributed by atoms with E-state index in [0.29, 0.717) is 29.6 Å². The second kappa shape index (κ2) is 6.18. The number of likely N-dealkylation sites (N-methyl/N-ethyl adjacent to an activating group) is 1. The molecule has 0 N–H and O–H groups in total. The van der Waals surface area contributed by atoms with Crippen LogP contribution in [0.5, 0.6) is 0 Å². The van der Waals surface area contributed by atoms with Crippen LogP contribution in [0.15, 0.2) is 24.3 Å². The van der Waals surface area contributed by atoms with Gasteiger partial charge in [-0.15, -0.1) is 0 Å². The number of aromatic nitrogens is 1. The molecule has 4 nitrogen and oxygen atoms in total. The monoisotopic (exact) mass is 321 g/mol. The summed E-state index contributed by atoms with van der Waals surface area (Å²) in [5.41, 5.74) is 0.836. The number of amides is 1. The van der Waals surface area contributed by atoms with Gasteiger partial charge in [-0.05, 0) is 24.7 Å². The Hall–Kier alpha value is -1.72. The molecule has 1 aromatic carbocycles. The first-order chi connectivity index (χ1) is 10.6. The molecule has 1 aromatic heterocycles. The molecule has 1 fully saturated rings. The predicted octanol–water partition coefficient (Wildman–Crippen LogP) is 2.81. The number of fused-ring (bicyclic) bond motifs is 1. The van der Waals surface area contributed by atoms with E-state index in [9.17, 15) is 9.18 Å². The van der Waals surface area contributed by atoms with Gasteiger partial charge in [0, 0.05) is 37.6 Å². The van der Waals surface area contributed by atoms with E-state index in [4.69, 9.17) is 11.6 Å². The van der Waals surface area contributed by atoms with Crippen molar-refractivity contribution in [1.29, 1.82) is 0 Å². The zero-order valence-electron chi connectivity index (χ0n) is 12.4. The lowest BCUT2D eigenvalue weighted by molar-refractivity contribution is 0.0643. The lowest BCUT2D eigenvalue weighted by atomic mass is 10.1. The zero-order valence-corrected chi connectivity index (χ0v) is 13.1. The largest absolute Gasteiger partial charge is 0.336 e. The van der Waals surface area contributed by atoms with Crippen LogP contribution in [0.1, 0.15) is 17.3 Å². The summed E-state index contributed by atoms with van der Waals surface area (Å²) in [6, 6.07) is 5.97. The summed E-state index contributed by atoms with van der Waals surface area (Å²) >= 11 is 6.13. The van der Waals surface area contributed by atoms with Gasteiger partial charge in [0.05, 0.1) is 11.1 Å². The molecule has 0 unspecified atom stereocenters. The Labute approximate surface area is 133 Å². The average molecular weight is 322 g/mol. The SMILES string of the molecule is CCN1CCN(C(=O)c2cc3ccc(F)cc3nc2Cl)CC1. The molecule has 1 aliphatic heterocycles. The summed E-state index contributed by atoms with van der Waals surface area (Å²) in [7, 11) is 0. The van der Waals surface area contributed by atoms with Crippen molar-refractivity contribution >= 4 is 28.4 Å². The maximum atomic E-state index is 13.2. The predicted molar refractivity (Wildman–Crippen MR) is 84.7 cm³/mol. The van der Waals surface area contributed by atoms with E-state index in [0.717, 1.165) is 19.6 Å². The van der Waals surface area contributed by atoms with Gasteiger partial charge in [0.15, 0.2) is 0 Å². The van der Waals surface area contributed by atoms with E-state index in [1.165, 1.54) is 12.1 Å². The summed E-state index contributed by atoms with van der Waals surface area (Å²) in [5, 5.41) is 0.836. The topological polar surface area (TPSA) is 36.4 Å². The molecule has 1 aliphatic rings. The van der Waals surface area contributed by atoms with E-state index in [1.807, 2.05) is 0 Å². The van der Waals surface area contributed by atoms with Gasteiger partial charge in [-0.1, -0.05) is 18.5 Å². The minimum absolute atomic E-state index is 0.112. The van der Waals surface area contributed by atoms with Crippen molar-refractivity contribution < 1.29 is 9.18 Å². The lowest BCUT2D eigenvalue weighted by Gasteiger charge is -2.34. The maximum absolute atomic E-state index is 13.2. The number of carbonyl (C=O) groups is 1. The second-order valence-corrected chi connectivity index (χ2v) is 5.75. The minimum atomic E-state index is -0.370. The zero-order chi connectivity index (χ0) is 15.7. The minimum Gasteiger partial charge on any atom is -0.336 e. The molecule has 0 radical (unpaired) electrons. The second-order valence-electron chi connectivity index (χ2n) is 5.39. The number of piperazine rings is 1. The van der Waals surface area contributed by atoms with Crippen LogP contribution in [0.25, 0.3) is 10.9 Å². The Bertz CT molecular complexity index is 714. The molecule has 2 aromatic rings. The van der Waals surface area contributed by atoms with Crippen LogP contribution in [-0.2, 0) is 0 Å². The highest BCUT2D eigenvalue weighted by molar-refractivity contribution is 6.33. The fourth-order valence-electron chi connectivity index (χ4n) is 2.70. The third kappa shape index (κ3) is 2.91. The Morgan fingerprint density at radius 3 is 2.68 bits per heavy atom. The first-order valence-electron chi connectivity index (χ1n) is 7.36. The highest BCUT2D eigenvalue weighted by atomic mass is 35.5. The number of rotatable bonds is 2. The summed E-state index contributed by atoms with van der Waals surface area (Å²) in [4.78, 5) is 20.9. The third-order valence-electron chi connectivity index (χ3n) is 4.07. The third-order valence-corrected chi connectivity index (χ3v) is 4.36. The highest BCUT2D eigenvalue weighted by Gasteiger charge is 2.23. The molecule has 116 valence electrons. The highest BCUT2D eigenvalue weighted by Crippen LogP contribution is 2.23. The lowest BCUT2D eigenvalue weighted by Crippen LogP contribution is -2.48. The van der Waals surface area contributed by atoms with Crippen LogP contribution in [0, 0.1) is 5.82 Å². The molecule has 22 heavy (non-hydrogen) atoms. The van der Waals surface area contributed by atoms with Gasteiger partial charge >= 0.3 is 0 Å². The first-order valence-corrected chi connectivity index (χ1v) is 7.73. The fourth-order valence-corrected chi connectivity index (χ4v) is 2.93. The van der Waals surface area contributed by atoms with Crippen LogP contribution < -0.4 is 0 Å². The van der Waals surface area contributed by atoms with Crippen molar-refractivity contribution in [3.8, 4) is 0 Å². The summed E-state index contributed by atoms with van der Waals surface area (Å²) in [5.74, 6) is -0.481. The molecule has 3 rings (SSSR count). The molecule has 1 amide bonds. The van der Waals surface area contributed by atoms with E-state index >= 15 is 0 Å². The number of pyridine rings is 1. The molecular formula is C16H17ClFN3O. The van der Waals surface area contributed by atoms with Crippen molar-refractivity contribution in [3.05, 3.63) is 40.8 Å².